The van der Waals surface area contributed by atoms with Gasteiger partial charge in [0.25, 0.3) is 0 Å². The summed E-state index contributed by atoms with van der Waals surface area (Å²) in [4.78, 5) is 20.5. The van der Waals surface area contributed by atoms with Crippen LogP contribution in [0.25, 0.3) is 11.0 Å². The number of hydrogen-bond acceptors (Lipinski definition) is 5. The minimum atomic E-state index is -0.212. The van der Waals surface area contributed by atoms with Gasteiger partial charge in [0, 0.05) is 19.2 Å². The Kier molecular flexibility index (Phi) is 7.93. The summed E-state index contributed by atoms with van der Waals surface area (Å²) in [5.41, 5.74) is 5.66. The minimum Gasteiger partial charge on any atom is -0.497 e. The maximum absolute atomic E-state index is 12.7. The van der Waals surface area contributed by atoms with E-state index in [1.807, 2.05) is 18.2 Å². The van der Waals surface area contributed by atoms with Gasteiger partial charge >= 0.3 is 5.97 Å². The molecule has 0 N–H and O–H groups in total. The number of fused-ring (bicyclic) bond motifs is 2. The Balaban J connectivity index is 1.49. The van der Waals surface area contributed by atoms with Crippen LogP contribution in [-0.4, -0.2) is 35.3 Å². The molecular weight excluding hydrogens is 486 g/mol. The number of aromatic nitrogens is 2. The second-order valence-corrected chi connectivity index (χ2v) is 12.6. The molecule has 2 aliphatic carbocycles. The number of ether oxygens (including phenoxy) is 2. The highest BCUT2D eigenvalue weighted by atomic mass is 16.5. The Morgan fingerprint density at radius 2 is 1.85 bits per heavy atom. The largest absolute Gasteiger partial charge is 0.497 e. The maximum Gasteiger partial charge on any atom is 0.338 e. The third-order valence-corrected chi connectivity index (χ3v) is 9.10. The number of methoxy groups -OCH3 is 1. The zero-order chi connectivity index (χ0) is 27.7. The van der Waals surface area contributed by atoms with Crippen LogP contribution < -0.4 is 9.64 Å². The van der Waals surface area contributed by atoms with Crippen molar-refractivity contribution in [2.24, 2.45) is 18.4 Å². The number of rotatable bonds is 8. The molecule has 0 aliphatic heterocycles. The van der Waals surface area contributed by atoms with Crippen molar-refractivity contribution >= 4 is 23.0 Å². The number of carbonyl (C=O) groups excluding carboxylic acids is 1. The molecule has 0 spiro atoms. The van der Waals surface area contributed by atoms with Gasteiger partial charge in [0.15, 0.2) is 0 Å². The number of aryl methyl sites for hydroxylation is 2. The van der Waals surface area contributed by atoms with Crippen molar-refractivity contribution in [3.05, 3.63) is 53.1 Å². The summed E-state index contributed by atoms with van der Waals surface area (Å²) in [6, 6.07) is 13.0. The summed E-state index contributed by atoms with van der Waals surface area (Å²) in [7, 11) is 3.84. The maximum atomic E-state index is 12.7. The van der Waals surface area contributed by atoms with E-state index in [1.54, 1.807) is 7.11 Å². The zero-order valence-corrected chi connectivity index (χ0v) is 24.6. The molecule has 1 saturated carbocycles. The van der Waals surface area contributed by atoms with Gasteiger partial charge in [0.05, 0.1) is 36.4 Å². The monoisotopic (exact) mass is 531 g/mol. The smallest absolute Gasteiger partial charge is 0.338 e. The first-order chi connectivity index (χ1) is 18.7. The molecule has 1 unspecified atom stereocenters. The Morgan fingerprint density at radius 3 is 2.54 bits per heavy atom. The quantitative estimate of drug-likeness (QED) is 0.221. The summed E-state index contributed by atoms with van der Waals surface area (Å²) in [6.45, 7) is 9.73. The molecule has 0 bridgehead atoms. The Labute approximate surface area is 233 Å². The third kappa shape index (κ3) is 5.53. The summed E-state index contributed by atoms with van der Waals surface area (Å²) in [6.07, 6.45) is 8.72. The van der Waals surface area contributed by atoms with Crippen molar-refractivity contribution in [3.63, 3.8) is 0 Å². The molecule has 1 aromatic heterocycles. The first-order valence-corrected chi connectivity index (χ1v) is 14.8. The topological polar surface area (TPSA) is 56.6 Å². The molecule has 0 radical (unpaired) electrons. The van der Waals surface area contributed by atoms with E-state index >= 15 is 0 Å². The zero-order valence-electron chi connectivity index (χ0n) is 24.6. The SMILES string of the molecule is CCCCOC(=O)c1ccc2c(c1)CCC2N(c1nc2cc(OC)ccc2n1C)[C@H]1CC[C@H](C(C)(C)C)CC1. The van der Waals surface area contributed by atoms with Gasteiger partial charge in [-0.2, -0.15) is 0 Å². The lowest BCUT2D eigenvalue weighted by Gasteiger charge is -2.44. The highest BCUT2D eigenvalue weighted by Gasteiger charge is 2.39. The van der Waals surface area contributed by atoms with Crippen LogP contribution in [0.15, 0.2) is 36.4 Å². The molecule has 39 heavy (non-hydrogen) atoms. The van der Waals surface area contributed by atoms with Gasteiger partial charge in [-0.3, -0.25) is 0 Å². The van der Waals surface area contributed by atoms with E-state index in [9.17, 15) is 4.79 Å². The summed E-state index contributed by atoms with van der Waals surface area (Å²) < 4.78 is 13.3. The lowest BCUT2D eigenvalue weighted by molar-refractivity contribution is 0.0499. The van der Waals surface area contributed by atoms with E-state index in [0.29, 0.717) is 23.6 Å². The van der Waals surface area contributed by atoms with Gasteiger partial charge in [-0.25, -0.2) is 9.78 Å². The molecule has 210 valence electrons. The third-order valence-electron chi connectivity index (χ3n) is 9.10. The molecule has 1 heterocycles. The van der Waals surface area contributed by atoms with E-state index in [2.05, 4.69) is 62.4 Å². The fourth-order valence-corrected chi connectivity index (χ4v) is 6.71. The average Bonchev–Trinajstić information content (AvgIpc) is 3.49. The number of hydrogen-bond donors (Lipinski definition) is 0. The first kappa shape index (κ1) is 27.5. The fourth-order valence-electron chi connectivity index (χ4n) is 6.71. The van der Waals surface area contributed by atoms with E-state index in [4.69, 9.17) is 14.5 Å². The predicted molar refractivity (Wildman–Crippen MR) is 158 cm³/mol. The Bertz CT molecular complexity index is 1310. The molecule has 6 heteroatoms. The van der Waals surface area contributed by atoms with Gasteiger partial charge in [-0.05, 0) is 91.7 Å². The Hall–Kier alpha value is -3.02. The van der Waals surface area contributed by atoms with Crippen LogP contribution >= 0.6 is 0 Å². The summed E-state index contributed by atoms with van der Waals surface area (Å²) in [5.74, 6) is 2.39. The number of carbonyl (C=O) groups is 1. The molecule has 0 amide bonds. The van der Waals surface area contributed by atoms with E-state index in [0.717, 1.165) is 54.3 Å². The van der Waals surface area contributed by atoms with Crippen molar-refractivity contribution in [1.29, 1.82) is 0 Å². The molecule has 1 atom stereocenters. The molecule has 2 aliphatic rings. The van der Waals surface area contributed by atoms with Crippen LogP contribution in [0.2, 0.25) is 0 Å². The first-order valence-electron chi connectivity index (χ1n) is 14.8. The highest BCUT2D eigenvalue weighted by molar-refractivity contribution is 5.90. The fraction of sp³-hybridized carbons (Fsp3) is 0.576. The van der Waals surface area contributed by atoms with E-state index in [1.165, 1.54) is 36.8 Å². The molecule has 6 nitrogen and oxygen atoms in total. The van der Waals surface area contributed by atoms with Gasteiger partial charge < -0.3 is 18.9 Å². The normalized spacial score (nSPS) is 21.1. The lowest BCUT2D eigenvalue weighted by atomic mass is 9.71. The molecule has 0 saturated heterocycles. The summed E-state index contributed by atoms with van der Waals surface area (Å²) >= 11 is 0. The van der Waals surface area contributed by atoms with Gasteiger partial charge in [-0.15, -0.1) is 0 Å². The number of benzene rings is 2. The van der Waals surface area contributed by atoms with Gasteiger partial charge in [0.2, 0.25) is 5.95 Å². The molecule has 2 aromatic carbocycles. The second kappa shape index (κ2) is 11.2. The van der Waals surface area contributed by atoms with Crippen molar-refractivity contribution in [2.75, 3.05) is 18.6 Å². The number of anilines is 1. The minimum absolute atomic E-state index is 0.212. The highest BCUT2D eigenvalue weighted by Crippen LogP contribution is 2.45. The average molecular weight is 532 g/mol. The van der Waals surface area contributed by atoms with Crippen LogP contribution in [0.3, 0.4) is 0 Å². The number of esters is 1. The second-order valence-electron chi connectivity index (χ2n) is 12.6. The van der Waals surface area contributed by atoms with Gasteiger partial charge in [-0.1, -0.05) is 40.2 Å². The van der Waals surface area contributed by atoms with Crippen LogP contribution in [0, 0.1) is 11.3 Å². The van der Waals surface area contributed by atoms with Crippen LogP contribution in [-0.2, 0) is 18.2 Å². The van der Waals surface area contributed by atoms with Crippen molar-refractivity contribution in [1.82, 2.24) is 9.55 Å². The molecule has 1 fully saturated rings. The molecular formula is C33H45N3O3. The standard InChI is InChI=1S/C33H45N3O3/c1-7-8-19-39-31(37)23-9-16-27-22(20-23)10-17-29(27)36(25-13-11-24(12-14-25)33(2,3)4)32-34-28-21-26(38-6)15-18-30(28)35(32)5/h9,15-16,18,20-21,24-25,29H,7-8,10-14,17,19H2,1-6H3/t24-,25-,29?. The van der Waals surface area contributed by atoms with Crippen molar-refractivity contribution < 1.29 is 14.3 Å². The number of imidazole rings is 1. The number of nitrogens with zero attached hydrogens (tertiary/aromatic N) is 3. The molecule has 5 rings (SSSR count). The number of unbranched alkanes of at least 4 members (excludes halogenated alkanes) is 1. The predicted octanol–water partition coefficient (Wildman–Crippen LogP) is 7.64. The molecule has 3 aromatic rings. The van der Waals surface area contributed by atoms with Gasteiger partial charge in [0.1, 0.15) is 5.75 Å². The van der Waals surface area contributed by atoms with E-state index < -0.39 is 0 Å². The lowest BCUT2D eigenvalue weighted by Crippen LogP contribution is -2.43. The van der Waals surface area contributed by atoms with Crippen molar-refractivity contribution in [3.8, 4) is 5.75 Å². The van der Waals surface area contributed by atoms with Crippen LogP contribution in [0.4, 0.5) is 5.95 Å². The van der Waals surface area contributed by atoms with E-state index in [-0.39, 0.29) is 12.0 Å². The Morgan fingerprint density at radius 1 is 1.08 bits per heavy atom. The van der Waals surface area contributed by atoms with Crippen molar-refractivity contribution in [2.45, 2.75) is 91.1 Å². The van der Waals surface area contributed by atoms with Crippen LogP contribution in [0.5, 0.6) is 5.75 Å². The van der Waals surface area contributed by atoms with Crippen LogP contribution in [0.1, 0.15) is 100 Å². The summed E-state index contributed by atoms with van der Waals surface area (Å²) in [5, 5.41) is 0.